The van der Waals surface area contributed by atoms with Crippen molar-refractivity contribution in [1.29, 1.82) is 0 Å². The van der Waals surface area contributed by atoms with E-state index in [1.54, 1.807) is 37.5 Å². The predicted molar refractivity (Wildman–Crippen MR) is 145 cm³/mol. The van der Waals surface area contributed by atoms with E-state index in [2.05, 4.69) is 10.3 Å². The van der Waals surface area contributed by atoms with Crippen molar-refractivity contribution in [3.8, 4) is 22.6 Å². The third-order valence-corrected chi connectivity index (χ3v) is 6.54. The van der Waals surface area contributed by atoms with Crippen LogP contribution in [0.4, 0.5) is 5.69 Å². The molecule has 5 aromatic rings. The highest BCUT2D eigenvalue weighted by Gasteiger charge is 2.20. The number of carboxylic acid groups (broad SMARTS) is 1. The summed E-state index contributed by atoms with van der Waals surface area (Å²) in [4.78, 5) is 29.6. The molecule has 1 atom stereocenters. The van der Waals surface area contributed by atoms with Gasteiger partial charge in [0.25, 0.3) is 0 Å². The summed E-state index contributed by atoms with van der Waals surface area (Å²) < 4.78 is 8.35. The van der Waals surface area contributed by atoms with E-state index in [0.717, 1.165) is 27.9 Å². The molecule has 0 bridgehead atoms. The number of carbonyl (C=O) groups is 1. The van der Waals surface area contributed by atoms with Crippen molar-refractivity contribution in [3.63, 3.8) is 0 Å². The van der Waals surface area contributed by atoms with Gasteiger partial charge in [-0.1, -0.05) is 42.5 Å². The maximum Gasteiger partial charge on any atom is 0.337 e. The van der Waals surface area contributed by atoms with Crippen molar-refractivity contribution >= 4 is 22.6 Å². The molecule has 2 aromatic heterocycles. The number of anilines is 1. The average molecular weight is 494 g/mol. The molecule has 0 aliphatic heterocycles. The maximum absolute atomic E-state index is 13.5. The minimum Gasteiger partial charge on any atom is -0.478 e. The molecule has 0 saturated heterocycles. The molecule has 0 spiro atoms. The van der Waals surface area contributed by atoms with E-state index in [0.29, 0.717) is 28.0 Å². The molecular formula is C30H27N3O4. The second-order valence-electron chi connectivity index (χ2n) is 9.33. The quantitative estimate of drug-likeness (QED) is 0.286. The van der Waals surface area contributed by atoms with Crippen LogP contribution in [0.2, 0.25) is 0 Å². The number of benzene rings is 3. The van der Waals surface area contributed by atoms with Crippen LogP contribution in [0.3, 0.4) is 0 Å². The molecule has 0 saturated carbocycles. The number of para-hydroxylation sites is 1. The van der Waals surface area contributed by atoms with Crippen molar-refractivity contribution < 1.29 is 14.3 Å². The first kappa shape index (κ1) is 24.1. The zero-order chi connectivity index (χ0) is 26.3. The Morgan fingerprint density at radius 1 is 1.05 bits per heavy atom. The Hall–Kier alpha value is -4.65. The van der Waals surface area contributed by atoms with Crippen molar-refractivity contribution in [1.82, 2.24) is 9.55 Å². The zero-order valence-electron chi connectivity index (χ0n) is 21.1. The average Bonchev–Trinajstić information content (AvgIpc) is 3.32. The highest BCUT2D eigenvalue weighted by molar-refractivity contribution is 5.94. The first-order valence-corrected chi connectivity index (χ1v) is 12.0. The zero-order valence-corrected chi connectivity index (χ0v) is 21.1. The summed E-state index contributed by atoms with van der Waals surface area (Å²) in [5, 5.41) is 13.4. The Labute approximate surface area is 214 Å². The number of aromatic nitrogens is 2. The SMILES string of the molecule is Cc1cc([C@@H](C)Nc2ccccc2C(=O)O)c2oc(-c3ccc(-c4cn(C)cn4)cc3)c(C)c(=O)c2c1. The Morgan fingerprint density at radius 2 is 1.76 bits per heavy atom. The summed E-state index contributed by atoms with van der Waals surface area (Å²) in [6.45, 7) is 5.63. The second kappa shape index (κ2) is 9.43. The number of aromatic carboxylic acids is 1. The molecule has 0 unspecified atom stereocenters. The smallest absolute Gasteiger partial charge is 0.337 e. The van der Waals surface area contributed by atoms with Gasteiger partial charge in [-0.25, -0.2) is 9.78 Å². The molecule has 0 radical (unpaired) electrons. The lowest BCUT2D eigenvalue weighted by Crippen LogP contribution is -2.14. The fraction of sp³-hybridized carbons (Fsp3) is 0.167. The van der Waals surface area contributed by atoms with Gasteiger partial charge in [0.2, 0.25) is 0 Å². The molecule has 2 heterocycles. The third-order valence-electron chi connectivity index (χ3n) is 6.54. The van der Waals surface area contributed by atoms with Crippen LogP contribution in [0, 0.1) is 13.8 Å². The Morgan fingerprint density at radius 3 is 2.43 bits per heavy atom. The Bertz CT molecular complexity index is 1700. The summed E-state index contributed by atoms with van der Waals surface area (Å²) in [5.74, 6) is -0.503. The van der Waals surface area contributed by atoms with Crippen molar-refractivity contribution in [2.24, 2.45) is 7.05 Å². The standard InChI is InChI=1S/C30H27N3O4/c1-17-13-23(19(3)32-25-8-6-5-7-22(25)30(35)36)29-24(14-17)27(34)18(2)28(37-29)21-11-9-20(10-12-21)26-15-33(4)16-31-26/h5-16,19,32H,1-4H3,(H,35,36)/t19-/m1/s1. The minimum atomic E-state index is -1.01. The van der Waals surface area contributed by atoms with E-state index in [1.165, 1.54) is 0 Å². The summed E-state index contributed by atoms with van der Waals surface area (Å²) in [5.41, 5.74) is 5.92. The van der Waals surface area contributed by atoms with Gasteiger partial charge < -0.3 is 19.4 Å². The fourth-order valence-electron chi connectivity index (χ4n) is 4.63. The summed E-state index contributed by atoms with van der Waals surface area (Å²) in [6, 6.07) is 18.0. The molecule has 2 N–H and O–H groups in total. The minimum absolute atomic E-state index is 0.0897. The first-order valence-electron chi connectivity index (χ1n) is 12.0. The van der Waals surface area contributed by atoms with Gasteiger partial charge in [0.15, 0.2) is 5.43 Å². The Balaban J connectivity index is 1.60. The number of rotatable bonds is 6. The molecule has 5 rings (SSSR count). The number of hydrogen-bond donors (Lipinski definition) is 2. The monoisotopic (exact) mass is 493 g/mol. The van der Waals surface area contributed by atoms with E-state index < -0.39 is 5.97 Å². The van der Waals surface area contributed by atoms with Gasteiger partial charge in [-0.2, -0.15) is 0 Å². The fourth-order valence-corrected chi connectivity index (χ4v) is 4.63. The van der Waals surface area contributed by atoms with E-state index in [1.807, 2.05) is 68.1 Å². The number of nitrogens with one attached hydrogen (secondary N) is 1. The molecule has 0 fully saturated rings. The van der Waals surface area contributed by atoms with E-state index in [9.17, 15) is 14.7 Å². The topological polar surface area (TPSA) is 97.4 Å². The first-order chi connectivity index (χ1) is 17.7. The van der Waals surface area contributed by atoms with Crippen LogP contribution in [0.1, 0.15) is 40.0 Å². The molecule has 0 aliphatic carbocycles. The van der Waals surface area contributed by atoms with Crippen LogP contribution < -0.4 is 10.7 Å². The molecule has 0 amide bonds. The van der Waals surface area contributed by atoms with Crippen LogP contribution in [0.15, 0.2) is 82.4 Å². The van der Waals surface area contributed by atoms with Gasteiger partial charge in [-0.15, -0.1) is 0 Å². The largest absolute Gasteiger partial charge is 0.478 e. The van der Waals surface area contributed by atoms with Gasteiger partial charge >= 0.3 is 5.97 Å². The van der Waals surface area contributed by atoms with Crippen LogP contribution in [-0.4, -0.2) is 20.6 Å². The van der Waals surface area contributed by atoms with Gasteiger partial charge in [0, 0.05) is 41.2 Å². The van der Waals surface area contributed by atoms with Crippen molar-refractivity contribution in [2.75, 3.05) is 5.32 Å². The van der Waals surface area contributed by atoms with Crippen LogP contribution >= 0.6 is 0 Å². The van der Waals surface area contributed by atoms with E-state index >= 15 is 0 Å². The van der Waals surface area contributed by atoms with Crippen LogP contribution in [-0.2, 0) is 7.05 Å². The molecule has 7 nitrogen and oxygen atoms in total. The molecule has 7 heteroatoms. The van der Waals surface area contributed by atoms with Crippen LogP contribution in [0.25, 0.3) is 33.6 Å². The predicted octanol–water partition coefficient (Wildman–Crippen LogP) is 6.35. The highest BCUT2D eigenvalue weighted by atomic mass is 16.4. The van der Waals surface area contributed by atoms with E-state index in [4.69, 9.17) is 4.42 Å². The van der Waals surface area contributed by atoms with Crippen molar-refractivity contribution in [2.45, 2.75) is 26.8 Å². The molecule has 3 aromatic carbocycles. The maximum atomic E-state index is 13.5. The summed E-state index contributed by atoms with van der Waals surface area (Å²) in [7, 11) is 1.92. The lowest BCUT2D eigenvalue weighted by atomic mass is 9.98. The third kappa shape index (κ3) is 4.51. The normalized spacial score (nSPS) is 12.0. The lowest BCUT2D eigenvalue weighted by Gasteiger charge is -2.20. The van der Waals surface area contributed by atoms with Gasteiger partial charge in [-0.3, -0.25) is 4.79 Å². The highest BCUT2D eigenvalue weighted by Crippen LogP contribution is 2.33. The number of fused-ring (bicyclic) bond motifs is 1. The summed E-state index contributed by atoms with van der Waals surface area (Å²) >= 11 is 0. The number of aryl methyl sites for hydroxylation is 2. The van der Waals surface area contributed by atoms with Crippen molar-refractivity contribution in [3.05, 3.63) is 106 Å². The van der Waals surface area contributed by atoms with E-state index in [-0.39, 0.29) is 17.0 Å². The molecule has 186 valence electrons. The second-order valence-corrected chi connectivity index (χ2v) is 9.33. The molecule has 0 aliphatic rings. The van der Waals surface area contributed by atoms with Gasteiger partial charge in [0.1, 0.15) is 11.3 Å². The van der Waals surface area contributed by atoms with Gasteiger partial charge in [0.05, 0.1) is 29.0 Å². The molecular weight excluding hydrogens is 466 g/mol. The summed E-state index contributed by atoms with van der Waals surface area (Å²) in [6.07, 6.45) is 3.70. The number of imidazole rings is 1. The Kier molecular flexibility index (Phi) is 6.13. The number of carboxylic acids is 1. The van der Waals surface area contributed by atoms with Crippen LogP contribution in [0.5, 0.6) is 0 Å². The number of nitrogens with zero attached hydrogens (tertiary/aromatic N) is 2. The number of hydrogen-bond acceptors (Lipinski definition) is 5. The molecule has 37 heavy (non-hydrogen) atoms. The lowest BCUT2D eigenvalue weighted by molar-refractivity contribution is 0.0698. The van der Waals surface area contributed by atoms with Gasteiger partial charge in [-0.05, 0) is 44.5 Å².